The third kappa shape index (κ3) is 3.36. The number of thiophene rings is 1. The number of carboxylic acid groups (broad SMARTS) is 1. The number of carbonyl (C=O) groups excluding carboxylic acids is 1. The third-order valence-electron chi connectivity index (χ3n) is 3.84. The van der Waals surface area contributed by atoms with Crippen molar-refractivity contribution in [3.8, 4) is 10.6 Å². The molecule has 0 bridgehead atoms. The lowest BCUT2D eigenvalue weighted by Gasteiger charge is -2.17. The van der Waals surface area contributed by atoms with E-state index in [1.54, 1.807) is 11.3 Å². The van der Waals surface area contributed by atoms with Crippen molar-refractivity contribution in [3.63, 3.8) is 0 Å². The van der Waals surface area contributed by atoms with Crippen molar-refractivity contribution in [2.45, 2.75) is 38.3 Å². The molecule has 0 aliphatic carbocycles. The van der Waals surface area contributed by atoms with E-state index in [1.807, 2.05) is 12.1 Å². The average molecular weight is 304 g/mol. The normalized spacial score (nSPS) is 18.2. The van der Waals surface area contributed by atoms with Crippen LogP contribution in [0, 0.1) is 0 Å². The number of aryl methyl sites for hydroxylation is 1. The molecule has 0 saturated carbocycles. The highest BCUT2D eigenvalue weighted by molar-refractivity contribution is 7.13. The molecule has 2 aromatic heterocycles. The molecule has 1 aliphatic heterocycles. The van der Waals surface area contributed by atoms with Gasteiger partial charge in [0.15, 0.2) is 0 Å². The number of nitrogens with zero attached hydrogens (tertiary/aromatic N) is 1. The molecule has 3 rings (SSSR count). The van der Waals surface area contributed by atoms with Crippen LogP contribution >= 0.6 is 11.3 Å². The van der Waals surface area contributed by atoms with E-state index in [9.17, 15) is 9.90 Å². The molecular weight excluding hydrogens is 286 g/mol. The number of carboxylic acids is 1. The zero-order valence-corrected chi connectivity index (χ0v) is 12.6. The van der Waals surface area contributed by atoms with Crippen molar-refractivity contribution in [2.75, 3.05) is 6.61 Å². The first-order valence-corrected chi connectivity index (χ1v) is 8.16. The predicted molar refractivity (Wildman–Crippen MR) is 80.0 cm³/mol. The standard InChI is InChI=1S/C16H19NO3S/c18-16(19)8-6-12-5-7-14(15-4-2-10-21-15)17(12)11-13-3-1-9-20-13/h2,4-5,7,10,13H,1,3,6,8-9,11H2,(H,18,19)/p-1/t13-/m0/s1. The van der Waals surface area contributed by atoms with Crippen molar-refractivity contribution < 1.29 is 14.6 Å². The number of hydrogen-bond acceptors (Lipinski definition) is 4. The highest BCUT2D eigenvalue weighted by Gasteiger charge is 2.19. The predicted octanol–water partition coefficient (Wildman–Crippen LogP) is 2.08. The molecule has 1 aliphatic rings. The Bertz CT molecular complexity index is 597. The highest BCUT2D eigenvalue weighted by atomic mass is 32.1. The van der Waals surface area contributed by atoms with Gasteiger partial charge in [0.05, 0.1) is 16.7 Å². The van der Waals surface area contributed by atoms with E-state index >= 15 is 0 Å². The number of aromatic nitrogens is 1. The summed E-state index contributed by atoms with van der Waals surface area (Å²) in [5.41, 5.74) is 2.19. The minimum atomic E-state index is -1.00. The van der Waals surface area contributed by atoms with Gasteiger partial charge in [-0.2, -0.15) is 0 Å². The third-order valence-corrected chi connectivity index (χ3v) is 4.73. The molecule has 0 radical (unpaired) electrons. The van der Waals surface area contributed by atoms with Crippen molar-refractivity contribution in [3.05, 3.63) is 35.3 Å². The lowest BCUT2D eigenvalue weighted by molar-refractivity contribution is -0.305. The van der Waals surface area contributed by atoms with Crippen LogP contribution in [0.5, 0.6) is 0 Å². The maximum absolute atomic E-state index is 10.7. The van der Waals surface area contributed by atoms with Crippen molar-refractivity contribution in [1.29, 1.82) is 0 Å². The van der Waals surface area contributed by atoms with E-state index in [0.717, 1.165) is 37.4 Å². The van der Waals surface area contributed by atoms with Crippen LogP contribution < -0.4 is 5.11 Å². The fourth-order valence-corrected chi connectivity index (χ4v) is 3.57. The summed E-state index contributed by atoms with van der Waals surface area (Å²) >= 11 is 1.70. The van der Waals surface area contributed by atoms with Crippen molar-refractivity contribution >= 4 is 17.3 Å². The van der Waals surface area contributed by atoms with Crippen molar-refractivity contribution in [2.24, 2.45) is 0 Å². The molecule has 0 amide bonds. The molecular formula is C16H18NO3S-. The van der Waals surface area contributed by atoms with E-state index < -0.39 is 5.97 Å². The first-order chi connectivity index (χ1) is 10.2. The molecule has 3 heterocycles. The second kappa shape index (κ2) is 6.45. The summed E-state index contributed by atoms with van der Waals surface area (Å²) < 4.78 is 7.95. The minimum absolute atomic E-state index is 0.0550. The highest BCUT2D eigenvalue weighted by Crippen LogP contribution is 2.29. The Kier molecular flexibility index (Phi) is 4.41. The zero-order valence-electron chi connectivity index (χ0n) is 11.8. The number of rotatable bonds is 6. The van der Waals surface area contributed by atoms with E-state index in [2.05, 4.69) is 22.1 Å². The lowest BCUT2D eigenvalue weighted by Crippen LogP contribution is -2.23. The first kappa shape index (κ1) is 14.4. The first-order valence-electron chi connectivity index (χ1n) is 7.28. The molecule has 1 fully saturated rings. The van der Waals surface area contributed by atoms with Crippen LogP contribution in [-0.4, -0.2) is 23.2 Å². The summed E-state index contributed by atoms with van der Waals surface area (Å²) in [6, 6.07) is 8.22. The van der Waals surface area contributed by atoms with Gasteiger partial charge in [-0.15, -0.1) is 11.3 Å². The van der Waals surface area contributed by atoms with E-state index in [4.69, 9.17) is 4.74 Å². The van der Waals surface area contributed by atoms with Gasteiger partial charge >= 0.3 is 0 Å². The van der Waals surface area contributed by atoms with Gasteiger partial charge < -0.3 is 19.2 Å². The van der Waals surface area contributed by atoms with Crippen LogP contribution in [-0.2, 0) is 22.5 Å². The molecule has 0 aromatic carbocycles. The van der Waals surface area contributed by atoms with Gasteiger partial charge in [-0.1, -0.05) is 6.07 Å². The van der Waals surface area contributed by atoms with Crippen LogP contribution in [0.15, 0.2) is 29.6 Å². The summed E-state index contributed by atoms with van der Waals surface area (Å²) in [5.74, 6) is -1.00. The molecule has 4 nitrogen and oxygen atoms in total. The fraction of sp³-hybridized carbons (Fsp3) is 0.438. The van der Waals surface area contributed by atoms with Gasteiger partial charge in [-0.05, 0) is 49.3 Å². The van der Waals surface area contributed by atoms with E-state index in [1.165, 1.54) is 4.88 Å². The van der Waals surface area contributed by atoms with Gasteiger partial charge in [0.1, 0.15) is 0 Å². The number of aliphatic carboxylic acids is 1. The fourth-order valence-electron chi connectivity index (χ4n) is 2.81. The van der Waals surface area contributed by atoms with Crippen LogP contribution in [0.25, 0.3) is 10.6 Å². The summed E-state index contributed by atoms with van der Waals surface area (Å²) in [6.07, 6.45) is 2.97. The Balaban J connectivity index is 1.86. The Hall–Kier alpha value is -1.59. The molecule has 1 saturated heterocycles. The molecule has 0 spiro atoms. The van der Waals surface area contributed by atoms with Gasteiger partial charge in [-0.25, -0.2) is 0 Å². The largest absolute Gasteiger partial charge is 0.550 e. The average Bonchev–Trinajstić information content (AvgIpc) is 3.18. The number of carbonyl (C=O) groups is 1. The van der Waals surface area contributed by atoms with Gasteiger partial charge in [-0.3, -0.25) is 0 Å². The van der Waals surface area contributed by atoms with Gasteiger partial charge in [0, 0.05) is 24.8 Å². The summed E-state index contributed by atoms with van der Waals surface area (Å²) in [4.78, 5) is 11.9. The molecule has 1 atom stereocenters. The Morgan fingerprint density at radius 1 is 1.43 bits per heavy atom. The number of ether oxygens (including phenoxy) is 1. The second-order valence-corrected chi connectivity index (χ2v) is 6.25. The maximum atomic E-state index is 10.7. The smallest absolute Gasteiger partial charge is 0.0754 e. The second-order valence-electron chi connectivity index (χ2n) is 5.30. The summed E-state index contributed by atoms with van der Waals surface area (Å²) in [7, 11) is 0. The van der Waals surface area contributed by atoms with Crippen LogP contribution in [0.4, 0.5) is 0 Å². The molecule has 0 unspecified atom stereocenters. The summed E-state index contributed by atoms with van der Waals surface area (Å²) in [5, 5.41) is 12.8. The SMILES string of the molecule is O=C([O-])CCc1ccc(-c2cccs2)n1C[C@@H]1CCCO1. The van der Waals surface area contributed by atoms with Crippen LogP contribution in [0.1, 0.15) is 25.0 Å². The molecule has 2 aromatic rings. The topological polar surface area (TPSA) is 54.3 Å². The van der Waals surface area contributed by atoms with Crippen molar-refractivity contribution in [1.82, 2.24) is 4.57 Å². The maximum Gasteiger partial charge on any atom is 0.0754 e. The Morgan fingerprint density at radius 3 is 3.00 bits per heavy atom. The zero-order chi connectivity index (χ0) is 14.7. The lowest BCUT2D eigenvalue weighted by atomic mass is 10.2. The molecule has 0 N–H and O–H groups in total. The molecule has 5 heteroatoms. The van der Waals surface area contributed by atoms with Crippen LogP contribution in [0.3, 0.4) is 0 Å². The monoisotopic (exact) mass is 304 g/mol. The Labute approximate surface area is 128 Å². The number of hydrogen-bond donors (Lipinski definition) is 0. The van der Waals surface area contributed by atoms with Gasteiger partial charge in [0.25, 0.3) is 0 Å². The minimum Gasteiger partial charge on any atom is -0.550 e. The van der Waals surface area contributed by atoms with Gasteiger partial charge in [0.2, 0.25) is 0 Å². The summed E-state index contributed by atoms with van der Waals surface area (Å²) in [6.45, 7) is 1.62. The molecule has 112 valence electrons. The van der Waals surface area contributed by atoms with Crippen LogP contribution in [0.2, 0.25) is 0 Å². The quantitative estimate of drug-likeness (QED) is 0.821. The van der Waals surface area contributed by atoms with E-state index in [0.29, 0.717) is 6.42 Å². The molecule has 21 heavy (non-hydrogen) atoms. The van der Waals surface area contributed by atoms with E-state index in [-0.39, 0.29) is 12.5 Å². The Morgan fingerprint density at radius 2 is 2.33 bits per heavy atom.